The number of allylic oxidation sites excluding steroid dienone is 1. The van der Waals surface area contributed by atoms with Gasteiger partial charge in [0, 0.05) is 20.7 Å². The summed E-state index contributed by atoms with van der Waals surface area (Å²) in [6, 6.07) is 14.7. The van der Waals surface area contributed by atoms with Crippen molar-refractivity contribution >= 4 is 38.9 Å². The van der Waals surface area contributed by atoms with Gasteiger partial charge in [-0.15, -0.1) is 11.3 Å². The molecule has 29 heavy (non-hydrogen) atoms. The summed E-state index contributed by atoms with van der Waals surface area (Å²) in [4.78, 5) is 1.36. The highest BCUT2D eigenvalue weighted by Gasteiger charge is 2.23. The first-order chi connectivity index (χ1) is 14.0. The fraction of sp³-hybridized carbons (Fsp3) is 0.250. The van der Waals surface area contributed by atoms with Gasteiger partial charge in [-0.25, -0.2) is 0 Å². The number of nitrogens with zero attached hydrogens (tertiary/aromatic N) is 3. The number of fused-ring (bicyclic) bond motifs is 1. The summed E-state index contributed by atoms with van der Waals surface area (Å²) in [6.45, 7) is 4.13. The second-order valence-corrected chi connectivity index (χ2v) is 9.34. The minimum atomic E-state index is 0.623. The molecule has 144 valence electrons. The smallest absolute Gasteiger partial charge is 0.118 e. The van der Waals surface area contributed by atoms with Crippen molar-refractivity contribution in [2.24, 2.45) is 0 Å². The number of aromatic nitrogens is 1. The maximum Gasteiger partial charge on any atom is 0.118 e. The molecule has 3 nitrogen and oxygen atoms in total. The number of hydrogen-bond donors (Lipinski definition) is 0. The lowest BCUT2D eigenvalue weighted by molar-refractivity contribution is 0.695. The Kier molecular flexibility index (Phi) is 5.46. The average Bonchev–Trinajstić information content (AvgIpc) is 3.21. The molecule has 0 saturated carbocycles. The Balaban J connectivity index is 1.84. The van der Waals surface area contributed by atoms with Crippen molar-refractivity contribution < 1.29 is 0 Å². The van der Waals surface area contributed by atoms with Gasteiger partial charge in [0.25, 0.3) is 0 Å². The van der Waals surface area contributed by atoms with Crippen LogP contribution in [0, 0.1) is 36.5 Å². The van der Waals surface area contributed by atoms with Crippen LogP contribution < -0.4 is 0 Å². The van der Waals surface area contributed by atoms with E-state index in [9.17, 15) is 10.5 Å². The van der Waals surface area contributed by atoms with Crippen LogP contribution in [-0.4, -0.2) is 4.57 Å². The summed E-state index contributed by atoms with van der Waals surface area (Å²) in [5.41, 5.74) is 6.73. The van der Waals surface area contributed by atoms with Gasteiger partial charge in [0.15, 0.2) is 0 Å². The molecular formula is C24H20BrN3S. The predicted octanol–water partition coefficient (Wildman–Crippen LogP) is 6.73. The molecule has 1 aliphatic carbocycles. The molecule has 2 heterocycles. The maximum atomic E-state index is 9.86. The molecule has 1 aromatic carbocycles. The molecule has 5 heteroatoms. The van der Waals surface area contributed by atoms with Crippen LogP contribution in [0.5, 0.6) is 0 Å². The van der Waals surface area contributed by atoms with Gasteiger partial charge in [-0.2, -0.15) is 10.5 Å². The van der Waals surface area contributed by atoms with Crippen LogP contribution in [0.15, 0.2) is 34.8 Å². The second-order valence-electron chi connectivity index (χ2n) is 7.34. The van der Waals surface area contributed by atoms with Crippen molar-refractivity contribution in [1.82, 2.24) is 4.57 Å². The summed E-state index contributed by atoms with van der Waals surface area (Å²) >= 11 is 5.23. The molecule has 4 rings (SSSR count). The lowest BCUT2D eigenvalue weighted by atomic mass is 9.96. The highest BCUT2D eigenvalue weighted by Crippen LogP contribution is 2.38. The number of benzene rings is 1. The summed E-state index contributed by atoms with van der Waals surface area (Å²) in [6.07, 6.45) is 6.38. The van der Waals surface area contributed by atoms with E-state index < -0.39 is 0 Å². The second kappa shape index (κ2) is 8.03. The molecule has 0 saturated heterocycles. The van der Waals surface area contributed by atoms with E-state index in [1.807, 2.05) is 30.3 Å². The minimum Gasteiger partial charge on any atom is -0.308 e. The van der Waals surface area contributed by atoms with E-state index in [4.69, 9.17) is 0 Å². The number of hydrogen-bond acceptors (Lipinski definition) is 3. The topological polar surface area (TPSA) is 52.5 Å². The summed E-state index contributed by atoms with van der Waals surface area (Å²) in [7, 11) is 0. The largest absolute Gasteiger partial charge is 0.308 e. The van der Waals surface area contributed by atoms with Crippen LogP contribution in [0.4, 0.5) is 0 Å². The minimum absolute atomic E-state index is 0.623. The van der Waals surface area contributed by atoms with E-state index in [0.29, 0.717) is 5.57 Å². The third-order valence-electron chi connectivity index (χ3n) is 5.49. The lowest BCUT2D eigenvalue weighted by Crippen LogP contribution is -2.02. The van der Waals surface area contributed by atoms with Crippen molar-refractivity contribution in [1.29, 1.82) is 10.5 Å². The van der Waals surface area contributed by atoms with Crippen LogP contribution in [-0.2, 0) is 12.8 Å². The van der Waals surface area contributed by atoms with Crippen LogP contribution >= 0.6 is 27.3 Å². The Morgan fingerprint density at radius 3 is 2.69 bits per heavy atom. The third kappa shape index (κ3) is 3.57. The van der Waals surface area contributed by atoms with E-state index in [1.54, 1.807) is 11.3 Å². The van der Waals surface area contributed by atoms with Gasteiger partial charge < -0.3 is 4.57 Å². The fourth-order valence-electron chi connectivity index (χ4n) is 4.06. The van der Waals surface area contributed by atoms with Crippen LogP contribution in [0.1, 0.15) is 51.4 Å². The zero-order valence-corrected chi connectivity index (χ0v) is 18.8. The lowest BCUT2D eigenvalue weighted by Gasteiger charge is -2.10. The Hall–Kier alpha value is -2.60. The van der Waals surface area contributed by atoms with E-state index in [2.05, 4.69) is 52.5 Å². The molecule has 3 aromatic rings. The quantitative estimate of drug-likeness (QED) is 0.405. The molecule has 0 fully saturated rings. The zero-order valence-electron chi connectivity index (χ0n) is 16.4. The Morgan fingerprint density at radius 1 is 1.17 bits per heavy atom. The third-order valence-corrected chi connectivity index (χ3v) is 7.26. The molecule has 0 bridgehead atoms. The number of thiophene rings is 1. The van der Waals surface area contributed by atoms with E-state index in [1.165, 1.54) is 16.9 Å². The van der Waals surface area contributed by atoms with Crippen molar-refractivity contribution in [3.63, 3.8) is 0 Å². The molecule has 0 radical (unpaired) electrons. The molecule has 1 aliphatic rings. The normalized spacial score (nSPS) is 13.6. The Bertz CT molecular complexity index is 1210. The monoisotopic (exact) mass is 461 g/mol. The van der Waals surface area contributed by atoms with Crippen molar-refractivity contribution in [3.8, 4) is 17.1 Å². The SMILES string of the molecule is Cc1cc(/C=C(/C#N)c2cccc(Br)c2)c(C)n1-c1sc2c(c1C#N)CCCC2. The molecule has 2 aromatic heterocycles. The van der Waals surface area contributed by atoms with Gasteiger partial charge in [0.2, 0.25) is 0 Å². The molecule has 0 spiro atoms. The van der Waals surface area contributed by atoms with Gasteiger partial charge in [0.1, 0.15) is 11.1 Å². The molecule has 0 atom stereocenters. The van der Waals surface area contributed by atoms with Crippen LogP contribution in [0.25, 0.3) is 16.7 Å². The Labute approximate surface area is 183 Å². The number of aryl methyl sites for hydroxylation is 2. The van der Waals surface area contributed by atoms with Gasteiger partial charge in [0.05, 0.1) is 17.2 Å². The van der Waals surface area contributed by atoms with Crippen LogP contribution in [0.3, 0.4) is 0 Å². The number of nitriles is 2. The highest BCUT2D eigenvalue weighted by molar-refractivity contribution is 9.10. The molecule has 0 aliphatic heterocycles. The average molecular weight is 462 g/mol. The fourth-order valence-corrected chi connectivity index (χ4v) is 5.91. The maximum absolute atomic E-state index is 9.86. The number of rotatable bonds is 3. The summed E-state index contributed by atoms with van der Waals surface area (Å²) in [5, 5.41) is 20.6. The molecule has 0 unspecified atom stereocenters. The predicted molar refractivity (Wildman–Crippen MR) is 122 cm³/mol. The zero-order chi connectivity index (χ0) is 20.5. The van der Waals surface area contributed by atoms with Gasteiger partial charge in [-0.05, 0) is 80.5 Å². The van der Waals surface area contributed by atoms with Gasteiger partial charge >= 0.3 is 0 Å². The summed E-state index contributed by atoms with van der Waals surface area (Å²) in [5.74, 6) is 0. The first-order valence-electron chi connectivity index (χ1n) is 9.65. The Morgan fingerprint density at radius 2 is 1.97 bits per heavy atom. The van der Waals surface area contributed by atoms with E-state index in [-0.39, 0.29) is 0 Å². The van der Waals surface area contributed by atoms with Crippen molar-refractivity contribution in [3.05, 3.63) is 73.3 Å². The highest BCUT2D eigenvalue weighted by atomic mass is 79.9. The van der Waals surface area contributed by atoms with Gasteiger partial charge in [-0.3, -0.25) is 0 Å². The van der Waals surface area contributed by atoms with Crippen molar-refractivity contribution in [2.45, 2.75) is 39.5 Å². The van der Waals surface area contributed by atoms with E-state index in [0.717, 1.165) is 56.8 Å². The summed E-state index contributed by atoms with van der Waals surface area (Å²) < 4.78 is 3.13. The standard InChI is InChI=1S/C24H20BrN3S/c1-15-10-18(11-19(13-26)17-6-5-7-20(25)12-17)16(2)28(15)24-22(14-27)21-8-3-4-9-23(21)29-24/h5-7,10-12H,3-4,8-9H2,1-2H3/b19-11-. The molecular weight excluding hydrogens is 442 g/mol. The number of halogens is 1. The first-order valence-corrected chi connectivity index (χ1v) is 11.3. The van der Waals surface area contributed by atoms with Gasteiger partial charge in [-0.1, -0.05) is 28.1 Å². The molecule has 0 N–H and O–H groups in total. The van der Waals surface area contributed by atoms with Crippen LogP contribution in [0.2, 0.25) is 0 Å². The van der Waals surface area contributed by atoms with Crippen molar-refractivity contribution in [2.75, 3.05) is 0 Å². The van der Waals surface area contributed by atoms with E-state index >= 15 is 0 Å². The molecule has 0 amide bonds. The first kappa shape index (κ1) is 19.7.